The van der Waals surface area contributed by atoms with Crippen molar-refractivity contribution in [3.8, 4) is 22.8 Å². The number of nitrogens with one attached hydrogen (secondary N) is 2. The van der Waals surface area contributed by atoms with E-state index in [0.29, 0.717) is 17.7 Å². The molecule has 0 aliphatic carbocycles. The molecule has 1 amide bonds. The van der Waals surface area contributed by atoms with Crippen LogP contribution in [0, 0.1) is 6.92 Å². The third-order valence-corrected chi connectivity index (χ3v) is 6.03. The molecular formula is C26H23ClN4O3S. The van der Waals surface area contributed by atoms with Crippen molar-refractivity contribution in [2.24, 2.45) is 5.10 Å². The second-order valence-corrected chi connectivity index (χ2v) is 8.85. The Morgan fingerprint density at radius 1 is 1.17 bits per heavy atom. The molecule has 0 bridgehead atoms. The molecule has 0 aliphatic heterocycles. The van der Waals surface area contributed by atoms with Gasteiger partial charge in [-0.25, -0.2) is 10.4 Å². The molecule has 4 rings (SSSR count). The molecule has 0 unspecified atom stereocenters. The number of ether oxygens (including phenoxy) is 1. The Labute approximate surface area is 212 Å². The molecule has 1 heterocycles. The topological polar surface area (TPSA) is 95.8 Å². The number of carbonyl (C=O) groups is 1. The van der Waals surface area contributed by atoms with Crippen molar-refractivity contribution in [3.05, 3.63) is 87.8 Å². The van der Waals surface area contributed by atoms with Gasteiger partial charge in [0.2, 0.25) is 0 Å². The van der Waals surface area contributed by atoms with Crippen LogP contribution in [-0.2, 0) is 0 Å². The van der Waals surface area contributed by atoms with Crippen LogP contribution in [0.5, 0.6) is 11.5 Å². The predicted molar refractivity (Wildman–Crippen MR) is 141 cm³/mol. The average Bonchev–Trinajstić information content (AvgIpc) is 3.32. The molecule has 178 valence electrons. The lowest BCUT2D eigenvalue weighted by molar-refractivity contribution is 0.0955. The summed E-state index contributed by atoms with van der Waals surface area (Å²) >= 11 is 7.53. The highest BCUT2D eigenvalue weighted by Gasteiger charge is 2.10. The molecule has 1 aromatic heterocycles. The van der Waals surface area contributed by atoms with Gasteiger partial charge >= 0.3 is 0 Å². The minimum Gasteiger partial charge on any atom is -0.503 e. The van der Waals surface area contributed by atoms with Crippen molar-refractivity contribution < 1.29 is 14.6 Å². The molecule has 35 heavy (non-hydrogen) atoms. The quantitative estimate of drug-likeness (QED) is 0.190. The van der Waals surface area contributed by atoms with Crippen molar-refractivity contribution in [1.29, 1.82) is 0 Å². The smallest absolute Gasteiger partial charge is 0.271 e. The Morgan fingerprint density at radius 3 is 2.63 bits per heavy atom. The van der Waals surface area contributed by atoms with E-state index in [0.717, 1.165) is 22.1 Å². The van der Waals surface area contributed by atoms with Crippen LogP contribution < -0.4 is 15.5 Å². The summed E-state index contributed by atoms with van der Waals surface area (Å²) in [5.41, 5.74) is 7.42. The van der Waals surface area contributed by atoms with E-state index in [4.69, 9.17) is 16.3 Å². The number of hydrazone groups is 1. The zero-order chi connectivity index (χ0) is 24.8. The van der Waals surface area contributed by atoms with Crippen LogP contribution in [0.2, 0.25) is 5.02 Å². The summed E-state index contributed by atoms with van der Waals surface area (Å²) < 4.78 is 5.35. The first-order valence-electron chi connectivity index (χ1n) is 10.8. The molecular weight excluding hydrogens is 484 g/mol. The number of rotatable bonds is 8. The van der Waals surface area contributed by atoms with Crippen LogP contribution >= 0.6 is 22.9 Å². The number of phenolic OH excluding ortho intramolecular Hbond substituents is 1. The van der Waals surface area contributed by atoms with E-state index in [1.54, 1.807) is 25.1 Å². The lowest BCUT2D eigenvalue weighted by Crippen LogP contribution is -2.17. The van der Waals surface area contributed by atoms with Gasteiger partial charge in [-0.15, -0.1) is 11.3 Å². The summed E-state index contributed by atoms with van der Waals surface area (Å²) in [6.07, 6.45) is 1.43. The number of nitrogens with zero attached hydrogens (tertiary/aromatic N) is 2. The van der Waals surface area contributed by atoms with Crippen LogP contribution in [0.3, 0.4) is 0 Å². The standard InChI is InChI=1S/C26H23ClN4O3S/c1-3-34-23-13-17(12-21(27)24(23)32)14-28-31-25(33)19-8-6-18(7-9-19)22-15-35-26(30-22)29-20-10-4-16(2)5-11-20/h4-15,32H,3H2,1-2H3,(H,29,30)(H,31,33)/b28-14-. The van der Waals surface area contributed by atoms with E-state index in [1.165, 1.54) is 29.2 Å². The van der Waals surface area contributed by atoms with Crippen LogP contribution in [0.15, 0.2) is 71.1 Å². The third kappa shape index (κ3) is 6.17. The molecule has 0 saturated heterocycles. The predicted octanol–water partition coefficient (Wildman–Crippen LogP) is 6.38. The molecule has 0 atom stereocenters. The van der Waals surface area contributed by atoms with Crippen LogP contribution in [0.4, 0.5) is 10.8 Å². The first-order valence-corrected chi connectivity index (χ1v) is 12.1. The van der Waals surface area contributed by atoms with Gasteiger partial charge in [-0.1, -0.05) is 41.4 Å². The zero-order valence-corrected chi connectivity index (χ0v) is 20.7. The number of aryl methyl sites for hydroxylation is 1. The fourth-order valence-corrected chi connectivity index (χ4v) is 4.14. The van der Waals surface area contributed by atoms with Gasteiger partial charge in [-0.2, -0.15) is 5.10 Å². The maximum Gasteiger partial charge on any atom is 0.271 e. The van der Waals surface area contributed by atoms with Gasteiger partial charge in [0.15, 0.2) is 16.6 Å². The van der Waals surface area contributed by atoms with E-state index < -0.39 is 0 Å². The van der Waals surface area contributed by atoms with Gasteiger partial charge in [0.05, 0.1) is 23.5 Å². The number of thiazole rings is 1. The highest BCUT2D eigenvalue weighted by atomic mass is 35.5. The highest BCUT2D eigenvalue weighted by Crippen LogP contribution is 2.34. The second kappa shape index (κ2) is 11.0. The van der Waals surface area contributed by atoms with Crippen molar-refractivity contribution in [3.63, 3.8) is 0 Å². The number of anilines is 2. The maximum absolute atomic E-state index is 12.5. The lowest BCUT2D eigenvalue weighted by atomic mass is 10.1. The minimum atomic E-state index is -0.359. The summed E-state index contributed by atoms with van der Waals surface area (Å²) in [6.45, 7) is 4.23. The first-order chi connectivity index (χ1) is 16.9. The minimum absolute atomic E-state index is 0.132. The number of amides is 1. The number of hydrogen-bond donors (Lipinski definition) is 3. The Hall–Kier alpha value is -3.88. The Kier molecular flexibility index (Phi) is 7.64. The SMILES string of the molecule is CCOc1cc(/C=N\NC(=O)c2ccc(-c3csc(Nc4ccc(C)cc4)n3)cc2)cc(Cl)c1O. The summed E-state index contributed by atoms with van der Waals surface area (Å²) in [4.78, 5) is 17.1. The number of halogens is 1. The fraction of sp³-hybridized carbons (Fsp3) is 0.115. The largest absolute Gasteiger partial charge is 0.503 e. The first kappa shape index (κ1) is 24.3. The van der Waals surface area contributed by atoms with Gasteiger partial charge in [0.25, 0.3) is 5.91 Å². The molecule has 3 aromatic carbocycles. The number of hydrogen-bond acceptors (Lipinski definition) is 7. The van der Waals surface area contributed by atoms with Crippen LogP contribution in [0.1, 0.15) is 28.4 Å². The third-order valence-electron chi connectivity index (χ3n) is 4.98. The number of aromatic nitrogens is 1. The summed E-state index contributed by atoms with van der Waals surface area (Å²) in [5.74, 6) is -0.238. The molecule has 0 spiro atoms. The molecule has 9 heteroatoms. The van der Waals surface area contributed by atoms with Crippen molar-refractivity contribution in [1.82, 2.24) is 10.4 Å². The van der Waals surface area contributed by atoms with E-state index in [9.17, 15) is 9.90 Å². The number of phenols is 1. The molecule has 4 aromatic rings. The number of carbonyl (C=O) groups excluding carboxylic acids is 1. The monoisotopic (exact) mass is 506 g/mol. The maximum atomic E-state index is 12.5. The van der Waals surface area contributed by atoms with Gasteiger partial charge in [-0.05, 0) is 55.8 Å². The summed E-state index contributed by atoms with van der Waals surface area (Å²) in [7, 11) is 0. The number of benzene rings is 3. The summed E-state index contributed by atoms with van der Waals surface area (Å²) in [5, 5.41) is 20.1. The molecule has 0 fully saturated rings. The normalized spacial score (nSPS) is 10.9. The van der Waals surface area contributed by atoms with Crippen molar-refractivity contribution in [2.45, 2.75) is 13.8 Å². The lowest BCUT2D eigenvalue weighted by Gasteiger charge is -2.08. The van der Waals surface area contributed by atoms with Gasteiger partial charge in [0.1, 0.15) is 0 Å². The zero-order valence-electron chi connectivity index (χ0n) is 19.1. The van der Waals surface area contributed by atoms with E-state index >= 15 is 0 Å². The van der Waals surface area contributed by atoms with Gasteiger partial charge in [0, 0.05) is 22.2 Å². The Bertz CT molecular complexity index is 1350. The Balaban J connectivity index is 1.38. The van der Waals surface area contributed by atoms with Crippen molar-refractivity contribution in [2.75, 3.05) is 11.9 Å². The van der Waals surface area contributed by atoms with Gasteiger partial charge in [-0.3, -0.25) is 4.79 Å². The molecule has 0 aliphatic rings. The molecule has 0 radical (unpaired) electrons. The van der Waals surface area contributed by atoms with Crippen LogP contribution in [-0.4, -0.2) is 28.8 Å². The summed E-state index contributed by atoms with van der Waals surface area (Å²) in [6, 6.07) is 18.4. The molecule has 3 N–H and O–H groups in total. The fourth-order valence-electron chi connectivity index (χ4n) is 3.18. The highest BCUT2D eigenvalue weighted by molar-refractivity contribution is 7.14. The van der Waals surface area contributed by atoms with E-state index in [1.807, 2.05) is 48.7 Å². The van der Waals surface area contributed by atoms with E-state index in [-0.39, 0.29) is 22.4 Å². The van der Waals surface area contributed by atoms with Crippen LogP contribution in [0.25, 0.3) is 11.3 Å². The van der Waals surface area contributed by atoms with E-state index in [2.05, 4.69) is 20.8 Å². The number of aromatic hydroxyl groups is 1. The molecule has 7 nitrogen and oxygen atoms in total. The van der Waals surface area contributed by atoms with Crippen molar-refractivity contribution >= 4 is 45.9 Å². The molecule has 0 saturated carbocycles. The van der Waals surface area contributed by atoms with Gasteiger partial charge < -0.3 is 15.2 Å². The second-order valence-electron chi connectivity index (χ2n) is 7.59. The average molecular weight is 507 g/mol. The Morgan fingerprint density at radius 2 is 1.91 bits per heavy atom.